The van der Waals surface area contributed by atoms with Crippen molar-refractivity contribution in [2.75, 3.05) is 17.7 Å². The average molecular weight is 288 g/mol. The fraction of sp³-hybridized carbons (Fsp3) is 0.143. The van der Waals surface area contributed by atoms with Gasteiger partial charge in [-0.15, -0.1) is 0 Å². The zero-order valence-corrected chi connectivity index (χ0v) is 11.5. The first kappa shape index (κ1) is 14.6. The molecule has 3 amide bonds. The van der Waals surface area contributed by atoms with E-state index in [0.29, 0.717) is 17.1 Å². The summed E-state index contributed by atoms with van der Waals surface area (Å²) in [6, 6.07) is 9.63. The molecule has 0 fully saturated rings. The van der Waals surface area contributed by atoms with E-state index in [1.54, 1.807) is 36.4 Å². The van der Waals surface area contributed by atoms with Gasteiger partial charge in [0.05, 0.1) is 6.54 Å². The summed E-state index contributed by atoms with van der Waals surface area (Å²) in [4.78, 5) is 23.1. The highest BCUT2D eigenvalue weighted by molar-refractivity contribution is 6.02. The van der Waals surface area contributed by atoms with Gasteiger partial charge in [-0.1, -0.05) is 0 Å². The number of furan rings is 1. The zero-order chi connectivity index (χ0) is 15.2. The standard InChI is InChI=1S/C14H16N4O3/c1-16-14(20)18-10-4-2-9(3-5-10)17-13(19)12-7-6-11(8-15)21-12/h2-7H,8,15H2,1H3,(H,17,19)(H2,16,18,20). The van der Waals surface area contributed by atoms with Crippen LogP contribution in [0.4, 0.5) is 16.2 Å². The van der Waals surface area contributed by atoms with Crippen LogP contribution in [0.3, 0.4) is 0 Å². The number of nitrogens with two attached hydrogens (primary N) is 1. The van der Waals surface area contributed by atoms with Gasteiger partial charge in [0.15, 0.2) is 5.76 Å². The highest BCUT2D eigenvalue weighted by Crippen LogP contribution is 2.15. The molecule has 0 spiro atoms. The largest absolute Gasteiger partial charge is 0.455 e. The predicted octanol–water partition coefficient (Wildman–Crippen LogP) is 1.74. The summed E-state index contributed by atoms with van der Waals surface area (Å²) in [7, 11) is 1.53. The molecule has 5 N–H and O–H groups in total. The summed E-state index contributed by atoms with van der Waals surface area (Å²) in [5.74, 6) is 0.384. The van der Waals surface area contributed by atoms with Gasteiger partial charge in [-0.05, 0) is 36.4 Å². The van der Waals surface area contributed by atoms with Crippen LogP contribution in [-0.4, -0.2) is 19.0 Å². The van der Waals surface area contributed by atoms with Crippen molar-refractivity contribution in [2.45, 2.75) is 6.54 Å². The summed E-state index contributed by atoms with van der Waals surface area (Å²) in [5, 5.41) is 7.76. The average Bonchev–Trinajstić information content (AvgIpc) is 2.98. The third-order valence-corrected chi connectivity index (χ3v) is 2.71. The molecule has 7 heteroatoms. The second kappa shape index (κ2) is 6.58. The Morgan fingerprint density at radius 1 is 1.05 bits per heavy atom. The lowest BCUT2D eigenvalue weighted by atomic mass is 10.2. The number of benzene rings is 1. The molecule has 2 rings (SSSR count). The van der Waals surface area contributed by atoms with Crippen molar-refractivity contribution in [3.05, 3.63) is 47.9 Å². The SMILES string of the molecule is CNC(=O)Nc1ccc(NC(=O)c2ccc(CN)o2)cc1. The Balaban J connectivity index is 1.99. The second-order valence-corrected chi connectivity index (χ2v) is 4.21. The quantitative estimate of drug-likeness (QED) is 0.687. The first-order valence-electron chi connectivity index (χ1n) is 6.31. The Morgan fingerprint density at radius 2 is 1.67 bits per heavy atom. The van der Waals surface area contributed by atoms with Crippen molar-refractivity contribution in [3.63, 3.8) is 0 Å². The molecule has 110 valence electrons. The number of hydrogen-bond acceptors (Lipinski definition) is 4. The Kier molecular flexibility index (Phi) is 4.57. The van der Waals surface area contributed by atoms with Crippen LogP contribution in [0, 0.1) is 0 Å². The van der Waals surface area contributed by atoms with Gasteiger partial charge in [0.1, 0.15) is 5.76 Å². The molecule has 7 nitrogen and oxygen atoms in total. The first-order chi connectivity index (χ1) is 10.1. The maximum absolute atomic E-state index is 11.9. The van der Waals surface area contributed by atoms with E-state index in [-0.39, 0.29) is 24.2 Å². The second-order valence-electron chi connectivity index (χ2n) is 4.21. The van der Waals surface area contributed by atoms with E-state index in [1.807, 2.05) is 0 Å². The first-order valence-corrected chi connectivity index (χ1v) is 6.31. The van der Waals surface area contributed by atoms with E-state index < -0.39 is 0 Å². The third-order valence-electron chi connectivity index (χ3n) is 2.71. The molecule has 0 saturated carbocycles. The molecule has 0 radical (unpaired) electrons. The molecule has 0 bridgehead atoms. The van der Waals surface area contributed by atoms with Gasteiger partial charge in [-0.3, -0.25) is 4.79 Å². The number of amides is 3. The molecular formula is C14H16N4O3. The number of rotatable bonds is 4. The van der Waals surface area contributed by atoms with Crippen molar-refractivity contribution in [2.24, 2.45) is 5.73 Å². The van der Waals surface area contributed by atoms with Crippen LogP contribution in [0.2, 0.25) is 0 Å². The monoisotopic (exact) mass is 288 g/mol. The van der Waals surface area contributed by atoms with Crippen LogP contribution in [0.1, 0.15) is 16.3 Å². The molecule has 1 heterocycles. The van der Waals surface area contributed by atoms with E-state index in [9.17, 15) is 9.59 Å². The predicted molar refractivity (Wildman–Crippen MR) is 79.1 cm³/mol. The molecule has 21 heavy (non-hydrogen) atoms. The summed E-state index contributed by atoms with van der Waals surface area (Å²) < 4.78 is 5.26. The molecular weight excluding hydrogens is 272 g/mol. The minimum atomic E-state index is -0.360. The normalized spacial score (nSPS) is 10.0. The molecule has 0 aliphatic heterocycles. The van der Waals surface area contributed by atoms with E-state index in [0.717, 1.165) is 0 Å². The minimum absolute atomic E-state index is 0.197. The van der Waals surface area contributed by atoms with Crippen molar-refractivity contribution >= 4 is 23.3 Å². The van der Waals surface area contributed by atoms with Crippen LogP contribution in [0.5, 0.6) is 0 Å². The molecule has 0 unspecified atom stereocenters. The maximum atomic E-state index is 11.9. The lowest BCUT2D eigenvalue weighted by Gasteiger charge is -2.06. The number of urea groups is 1. The molecule has 1 aromatic carbocycles. The Hall–Kier alpha value is -2.80. The fourth-order valence-corrected chi connectivity index (χ4v) is 1.63. The number of carbonyl (C=O) groups excluding carboxylic acids is 2. The highest BCUT2D eigenvalue weighted by Gasteiger charge is 2.11. The molecule has 0 aliphatic carbocycles. The zero-order valence-electron chi connectivity index (χ0n) is 11.5. The number of nitrogens with one attached hydrogen (secondary N) is 3. The van der Waals surface area contributed by atoms with Crippen LogP contribution in [-0.2, 0) is 6.54 Å². The molecule has 0 saturated heterocycles. The topological polar surface area (TPSA) is 109 Å². The smallest absolute Gasteiger partial charge is 0.318 e. The van der Waals surface area contributed by atoms with Gasteiger partial charge in [-0.25, -0.2) is 4.79 Å². The van der Waals surface area contributed by atoms with E-state index in [1.165, 1.54) is 7.05 Å². The van der Waals surface area contributed by atoms with Gasteiger partial charge in [0, 0.05) is 18.4 Å². The van der Waals surface area contributed by atoms with Gasteiger partial charge in [0.25, 0.3) is 5.91 Å². The van der Waals surface area contributed by atoms with E-state index in [4.69, 9.17) is 10.2 Å². The Bertz CT molecular complexity index is 634. The minimum Gasteiger partial charge on any atom is -0.455 e. The van der Waals surface area contributed by atoms with Gasteiger partial charge in [0.2, 0.25) is 0 Å². The summed E-state index contributed by atoms with van der Waals surface area (Å²) in [6.07, 6.45) is 0. The maximum Gasteiger partial charge on any atom is 0.318 e. The van der Waals surface area contributed by atoms with Gasteiger partial charge < -0.3 is 26.1 Å². The molecule has 2 aromatic rings. The Labute approximate surface area is 121 Å². The number of carbonyl (C=O) groups is 2. The third kappa shape index (κ3) is 3.83. The van der Waals surface area contributed by atoms with Crippen LogP contribution in [0.25, 0.3) is 0 Å². The number of hydrogen-bond donors (Lipinski definition) is 4. The Morgan fingerprint density at radius 3 is 2.19 bits per heavy atom. The lowest BCUT2D eigenvalue weighted by molar-refractivity contribution is 0.0995. The van der Waals surface area contributed by atoms with Crippen molar-refractivity contribution in [1.29, 1.82) is 0 Å². The summed E-state index contributed by atoms with van der Waals surface area (Å²) >= 11 is 0. The van der Waals surface area contributed by atoms with Gasteiger partial charge in [-0.2, -0.15) is 0 Å². The van der Waals surface area contributed by atoms with Crippen LogP contribution < -0.4 is 21.7 Å². The lowest BCUT2D eigenvalue weighted by Crippen LogP contribution is -2.24. The highest BCUT2D eigenvalue weighted by atomic mass is 16.4. The fourth-order valence-electron chi connectivity index (χ4n) is 1.63. The van der Waals surface area contributed by atoms with Crippen LogP contribution >= 0.6 is 0 Å². The van der Waals surface area contributed by atoms with Crippen LogP contribution in [0.15, 0.2) is 40.8 Å². The molecule has 0 atom stereocenters. The summed E-state index contributed by atoms with van der Waals surface area (Å²) in [6.45, 7) is 0.243. The van der Waals surface area contributed by atoms with Gasteiger partial charge >= 0.3 is 6.03 Å². The van der Waals surface area contributed by atoms with Crippen molar-refractivity contribution in [1.82, 2.24) is 5.32 Å². The van der Waals surface area contributed by atoms with E-state index >= 15 is 0 Å². The summed E-state index contributed by atoms with van der Waals surface area (Å²) in [5.41, 5.74) is 6.63. The molecule has 1 aromatic heterocycles. The van der Waals surface area contributed by atoms with Crippen molar-refractivity contribution < 1.29 is 14.0 Å². The van der Waals surface area contributed by atoms with E-state index in [2.05, 4.69) is 16.0 Å². The molecule has 0 aliphatic rings. The number of anilines is 2. The van der Waals surface area contributed by atoms with Crippen molar-refractivity contribution in [3.8, 4) is 0 Å².